The lowest BCUT2D eigenvalue weighted by Gasteiger charge is -2.17. The van der Waals surface area contributed by atoms with E-state index in [-0.39, 0.29) is 0 Å². The average molecular weight is 558 g/mol. The molecule has 0 amide bonds. The van der Waals surface area contributed by atoms with E-state index in [0.717, 1.165) is 42.5 Å². The molecule has 1 N–H and O–H groups in total. The van der Waals surface area contributed by atoms with Crippen LogP contribution in [-0.2, 0) is 13.2 Å². The lowest BCUT2D eigenvalue weighted by Crippen LogP contribution is -2.05. The van der Waals surface area contributed by atoms with E-state index in [4.69, 9.17) is 21.1 Å². The second-order valence-electron chi connectivity index (χ2n) is 7.58. The van der Waals surface area contributed by atoms with Crippen molar-refractivity contribution in [3.63, 3.8) is 0 Å². The fourth-order valence-electron chi connectivity index (χ4n) is 3.68. The first-order valence-corrected chi connectivity index (χ1v) is 12.1. The van der Waals surface area contributed by atoms with E-state index in [2.05, 4.69) is 89.4 Å². The minimum absolute atomic E-state index is 0.483. The van der Waals surface area contributed by atoms with Gasteiger partial charge < -0.3 is 14.8 Å². The number of ether oxygens (including phenoxy) is 2. The zero-order valence-electron chi connectivity index (χ0n) is 18.1. The van der Waals surface area contributed by atoms with Crippen LogP contribution < -0.4 is 14.8 Å². The van der Waals surface area contributed by atoms with Gasteiger partial charge in [-0.3, -0.25) is 0 Å². The first-order valence-electron chi connectivity index (χ1n) is 10.6. The zero-order chi connectivity index (χ0) is 22.5. The summed E-state index contributed by atoms with van der Waals surface area (Å²) in [7, 11) is 0. The minimum atomic E-state index is 0.483. The van der Waals surface area contributed by atoms with Crippen LogP contribution in [0.5, 0.6) is 11.5 Å². The predicted molar refractivity (Wildman–Crippen MR) is 142 cm³/mol. The summed E-state index contributed by atoms with van der Waals surface area (Å²) in [4.78, 5) is 0. The van der Waals surface area contributed by atoms with E-state index in [1.807, 2.05) is 25.1 Å². The van der Waals surface area contributed by atoms with Crippen LogP contribution in [0.1, 0.15) is 23.6 Å². The Morgan fingerprint density at radius 3 is 2.59 bits per heavy atom. The minimum Gasteiger partial charge on any atom is -0.490 e. The topological polar surface area (TPSA) is 30.5 Å². The highest BCUT2D eigenvalue weighted by Gasteiger charge is 2.14. The van der Waals surface area contributed by atoms with Crippen molar-refractivity contribution in [2.75, 3.05) is 11.9 Å². The number of rotatable bonds is 8. The molecule has 0 unspecified atom stereocenters. The van der Waals surface area contributed by atoms with Gasteiger partial charge in [-0.25, -0.2) is 0 Å². The van der Waals surface area contributed by atoms with Crippen molar-refractivity contribution in [1.29, 1.82) is 0 Å². The number of benzene rings is 4. The molecule has 0 heterocycles. The third-order valence-corrected chi connectivity index (χ3v) is 6.34. The molecule has 32 heavy (non-hydrogen) atoms. The quantitative estimate of drug-likeness (QED) is 0.223. The van der Waals surface area contributed by atoms with Gasteiger partial charge in [-0.15, -0.1) is 0 Å². The largest absolute Gasteiger partial charge is 0.490 e. The number of anilines is 1. The van der Waals surface area contributed by atoms with Crippen molar-refractivity contribution in [2.24, 2.45) is 0 Å². The Balaban J connectivity index is 1.55. The van der Waals surface area contributed by atoms with Crippen LogP contribution in [0.15, 0.2) is 72.8 Å². The third-order valence-electron chi connectivity index (χ3n) is 5.30. The normalized spacial score (nSPS) is 10.9. The number of fused-ring (bicyclic) bond motifs is 1. The molecular formula is C27H25ClINO2. The summed E-state index contributed by atoms with van der Waals surface area (Å²) >= 11 is 8.48. The monoisotopic (exact) mass is 557 g/mol. The molecule has 3 nitrogen and oxygen atoms in total. The molecule has 0 radical (unpaired) electrons. The lowest BCUT2D eigenvalue weighted by atomic mass is 10.1. The molecule has 0 aliphatic carbocycles. The third kappa shape index (κ3) is 5.30. The molecule has 0 spiro atoms. The van der Waals surface area contributed by atoms with E-state index in [1.54, 1.807) is 0 Å². The van der Waals surface area contributed by atoms with Crippen LogP contribution in [-0.4, -0.2) is 6.61 Å². The molecule has 4 aromatic carbocycles. The summed E-state index contributed by atoms with van der Waals surface area (Å²) < 4.78 is 13.3. The number of halogens is 2. The molecule has 4 rings (SSSR count). The van der Waals surface area contributed by atoms with Gasteiger partial charge in [0, 0.05) is 17.3 Å². The Morgan fingerprint density at radius 1 is 0.938 bits per heavy atom. The van der Waals surface area contributed by atoms with Crippen molar-refractivity contribution in [2.45, 2.75) is 27.0 Å². The highest BCUT2D eigenvalue weighted by molar-refractivity contribution is 14.1. The second kappa shape index (κ2) is 10.5. The Labute approximate surface area is 207 Å². The Hall–Kier alpha value is -2.44. The van der Waals surface area contributed by atoms with Gasteiger partial charge in [0.15, 0.2) is 11.5 Å². The van der Waals surface area contributed by atoms with Gasteiger partial charge in [-0.05, 0) is 88.2 Å². The summed E-state index contributed by atoms with van der Waals surface area (Å²) in [5.41, 5.74) is 4.46. The zero-order valence-corrected chi connectivity index (χ0v) is 21.0. The molecule has 0 atom stereocenters. The molecule has 0 aliphatic rings. The van der Waals surface area contributed by atoms with E-state index >= 15 is 0 Å². The van der Waals surface area contributed by atoms with Crippen molar-refractivity contribution in [1.82, 2.24) is 0 Å². The van der Waals surface area contributed by atoms with Gasteiger partial charge in [-0.2, -0.15) is 0 Å². The fraction of sp³-hybridized carbons (Fsp3) is 0.185. The number of hydrogen-bond donors (Lipinski definition) is 1. The van der Waals surface area contributed by atoms with Gasteiger partial charge in [0.2, 0.25) is 0 Å². The number of aryl methyl sites for hydroxylation is 1. The fourth-order valence-corrected chi connectivity index (χ4v) is 4.67. The van der Waals surface area contributed by atoms with Crippen LogP contribution in [0.25, 0.3) is 10.8 Å². The maximum Gasteiger partial charge on any atom is 0.174 e. The first-order chi connectivity index (χ1) is 15.5. The van der Waals surface area contributed by atoms with Gasteiger partial charge in [0.25, 0.3) is 0 Å². The molecule has 0 aliphatic heterocycles. The molecular weight excluding hydrogens is 533 g/mol. The summed E-state index contributed by atoms with van der Waals surface area (Å²) in [6.45, 7) is 5.78. The van der Waals surface area contributed by atoms with Crippen molar-refractivity contribution < 1.29 is 9.47 Å². The van der Waals surface area contributed by atoms with Crippen LogP contribution in [0, 0.1) is 10.5 Å². The van der Waals surface area contributed by atoms with Gasteiger partial charge in [0.05, 0.1) is 10.2 Å². The summed E-state index contributed by atoms with van der Waals surface area (Å²) in [6.07, 6.45) is 0. The number of hydrogen-bond acceptors (Lipinski definition) is 3. The molecule has 0 aromatic heterocycles. The molecule has 0 bridgehead atoms. The maximum absolute atomic E-state index is 6.30. The summed E-state index contributed by atoms with van der Waals surface area (Å²) in [5.74, 6) is 1.54. The molecule has 0 fully saturated rings. The first kappa shape index (κ1) is 22.7. The van der Waals surface area contributed by atoms with Crippen LogP contribution in [0.4, 0.5) is 5.69 Å². The molecule has 0 saturated heterocycles. The smallest absolute Gasteiger partial charge is 0.174 e. The molecule has 5 heteroatoms. The van der Waals surface area contributed by atoms with Gasteiger partial charge >= 0.3 is 0 Å². The number of nitrogens with one attached hydrogen (secondary N) is 1. The van der Waals surface area contributed by atoms with E-state index in [0.29, 0.717) is 19.8 Å². The van der Waals surface area contributed by atoms with Crippen LogP contribution in [0.3, 0.4) is 0 Å². The van der Waals surface area contributed by atoms with Crippen LogP contribution >= 0.6 is 34.2 Å². The van der Waals surface area contributed by atoms with Gasteiger partial charge in [-0.1, -0.05) is 60.1 Å². The van der Waals surface area contributed by atoms with E-state index in [9.17, 15) is 0 Å². The second-order valence-corrected chi connectivity index (χ2v) is 9.18. The van der Waals surface area contributed by atoms with Crippen LogP contribution in [0.2, 0.25) is 5.02 Å². The summed E-state index contributed by atoms with van der Waals surface area (Å²) in [5, 5.41) is 6.62. The average Bonchev–Trinajstić information content (AvgIpc) is 2.79. The van der Waals surface area contributed by atoms with E-state index < -0.39 is 0 Å². The molecule has 0 saturated carbocycles. The highest BCUT2D eigenvalue weighted by Crippen LogP contribution is 2.36. The van der Waals surface area contributed by atoms with Gasteiger partial charge in [0.1, 0.15) is 6.61 Å². The van der Waals surface area contributed by atoms with E-state index in [1.165, 1.54) is 10.8 Å². The van der Waals surface area contributed by atoms with Crippen molar-refractivity contribution in [3.05, 3.63) is 98.1 Å². The molecule has 4 aromatic rings. The highest BCUT2D eigenvalue weighted by atomic mass is 127. The Kier molecular flexibility index (Phi) is 7.43. The van der Waals surface area contributed by atoms with Crippen molar-refractivity contribution >= 4 is 50.7 Å². The SMILES string of the molecule is CCOc1cc(CNc2cc(Cl)ccc2C)cc(I)c1OCc1cccc2ccccc12. The lowest BCUT2D eigenvalue weighted by molar-refractivity contribution is 0.268. The Bertz CT molecular complexity index is 1240. The molecule has 164 valence electrons. The maximum atomic E-state index is 6.30. The van der Waals surface area contributed by atoms with Crippen molar-refractivity contribution in [3.8, 4) is 11.5 Å². The predicted octanol–water partition coefficient (Wildman–Crippen LogP) is 8.00. The summed E-state index contributed by atoms with van der Waals surface area (Å²) in [6, 6.07) is 24.7. The standard InChI is InChI=1S/C27H25ClINO2/c1-3-31-26-14-19(16-30-25-15-22(28)12-11-18(25)2)13-24(29)27(26)32-17-21-9-6-8-20-7-4-5-10-23(20)21/h4-15,30H,3,16-17H2,1-2H3. The Morgan fingerprint density at radius 2 is 1.75 bits per heavy atom.